The van der Waals surface area contributed by atoms with Gasteiger partial charge in [-0.15, -0.1) is 0 Å². The first kappa shape index (κ1) is 15.2. The van der Waals surface area contributed by atoms with E-state index in [1.54, 1.807) is 0 Å². The maximum Gasteiger partial charge on any atom is 0.178 e. The van der Waals surface area contributed by atoms with Crippen LogP contribution in [0.25, 0.3) is 0 Å². The molecule has 1 aromatic rings. The fourth-order valence-electron chi connectivity index (χ4n) is 2.61. The van der Waals surface area contributed by atoms with Crippen molar-refractivity contribution in [3.8, 4) is 0 Å². The molecule has 112 valence electrons. The number of ether oxygens (including phenoxy) is 1. The normalized spacial score (nSPS) is 24.1. The van der Waals surface area contributed by atoms with E-state index in [4.69, 9.17) is 4.74 Å². The lowest BCUT2D eigenvalue weighted by Crippen LogP contribution is -2.51. The van der Waals surface area contributed by atoms with Crippen LogP contribution in [0.1, 0.15) is 28.7 Å². The van der Waals surface area contributed by atoms with Gasteiger partial charge in [0, 0.05) is 36.6 Å². The van der Waals surface area contributed by atoms with Gasteiger partial charge in [-0.05, 0) is 26.8 Å². The lowest BCUT2D eigenvalue weighted by atomic mass is 10.1. The first-order chi connectivity index (χ1) is 9.43. The molecule has 1 N–H and O–H groups in total. The minimum Gasteiger partial charge on any atom is -0.394 e. The number of carbonyl (C=O) groups is 1. The molecule has 0 spiro atoms. The molecule has 2 unspecified atom stereocenters. The average Bonchev–Trinajstić information content (AvgIpc) is 2.69. The molecular formula is C15H24N2O3. The van der Waals surface area contributed by atoms with E-state index >= 15 is 0 Å². The molecule has 0 amide bonds. The molecule has 20 heavy (non-hydrogen) atoms. The minimum absolute atomic E-state index is 0.000876. The van der Waals surface area contributed by atoms with Crippen LogP contribution >= 0.6 is 0 Å². The van der Waals surface area contributed by atoms with Gasteiger partial charge in [0.2, 0.25) is 0 Å². The van der Waals surface area contributed by atoms with E-state index in [-0.39, 0.29) is 24.5 Å². The van der Waals surface area contributed by atoms with Crippen molar-refractivity contribution in [3.63, 3.8) is 0 Å². The van der Waals surface area contributed by atoms with Crippen LogP contribution in [-0.2, 0) is 11.8 Å². The van der Waals surface area contributed by atoms with Crippen molar-refractivity contribution in [2.75, 3.05) is 26.3 Å². The number of nitrogens with zero attached hydrogens (tertiary/aromatic N) is 2. The topological polar surface area (TPSA) is 54.7 Å². The van der Waals surface area contributed by atoms with Gasteiger partial charge in [-0.1, -0.05) is 0 Å². The third-order valence-corrected chi connectivity index (χ3v) is 4.26. The predicted octanol–water partition coefficient (Wildman–Crippen LogP) is 0.906. The van der Waals surface area contributed by atoms with Crippen molar-refractivity contribution in [1.82, 2.24) is 9.47 Å². The van der Waals surface area contributed by atoms with Gasteiger partial charge in [0.1, 0.15) is 0 Å². The molecule has 0 aromatic carbocycles. The zero-order chi connectivity index (χ0) is 14.9. The molecule has 1 saturated heterocycles. The number of aliphatic hydroxyl groups is 1. The number of carbonyl (C=O) groups excluding carboxylic acids is 1. The van der Waals surface area contributed by atoms with E-state index in [0.717, 1.165) is 17.0 Å². The van der Waals surface area contributed by atoms with E-state index in [2.05, 4.69) is 4.90 Å². The minimum atomic E-state index is -0.183. The first-order valence-electron chi connectivity index (χ1n) is 7.06. The number of hydrogen-bond acceptors (Lipinski definition) is 4. The molecule has 1 fully saturated rings. The third-order valence-electron chi connectivity index (χ3n) is 4.26. The van der Waals surface area contributed by atoms with E-state index < -0.39 is 0 Å². The Morgan fingerprint density at radius 3 is 2.75 bits per heavy atom. The van der Waals surface area contributed by atoms with Crippen molar-refractivity contribution in [2.24, 2.45) is 7.05 Å². The summed E-state index contributed by atoms with van der Waals surface area (Å²) in [6, 6.07) is 2.15. The Balaban J connectivity index is 2.08. The second-order valence-electron chi connectivity index (χ2n) is 5.68. The number of rotatable bonds is 4. The smallest absolute Gasteiger partial charge is 0.178 e. The van der Waals surface area contributed by atoms with Crippen molar-refractivity contribution in [1.29, 1.82) is 0 Å². The Hall–Kier alpha value is -1.17. The number of aliphatic hydroxyl groups excluding tert-OH is 1. The SMILES string of the molecule is Cc1cc(C(=O)CN2CC(CO)OCC2C)c(C)n1C. The van der Waals surface area contributed by atoms with Crippen LogP contribution < -0.4 is 0 Å². The highest BCUT2D eigenvalue weighted by atomic mass is 16.5. The summed E-state index contributed by atoms with van der Waals surface area (Å²) in [5.74, 6) is 0.136. The zero-order valence-electron chi connectivity index (χ0n) is 12.7. The van der Waals surface area contributed by atoms with Crippen LogP contribution in [-0.4, -0.2) is 58.8 Å². The fraction of sp³-hybridized carbons (Fsp3) is 0.667. The average molecular weight is 280 g/mol. The Labute approximate surface area is 120 Å². The number of Topliss-reactive ketones (excluding diaryl/α,β-unsaturated/α-hetero) is 1. The maximum atomic E-state index is 12.5. The number of morpholine rings is 1. The van der Waals surface area contributed by atoms with Crippen molar-refractivity contribution in [2.45, 2.75) is 32.9 Å². The molecule has 2 heterocycles. The molecule has 1 aliphatic heterocycles. The summed E-state index contributed by atoms with van der Waals surface area (Å²) in [6.07, 6.45) is -0.183. The maximum absolute atomic E-state index is 12.5. The van der Waals surface area contributed by atoms with Gasteiger partial charge in [0.25, 0.3) is 0 Å². The van der Waals surface area contributed by atoms with Crippen LogP contribution in [0.3, 0.4) is 0 Å². The first-order valence-corrected chi connectivity index (χ1v) is 7.06. The van der Waals surface area contributed by atoms with Gasteiger partial charge < -0.3 is 14.4 Å². The molecule has 2 atom stereocenters. The Morgan fingerprint density at radius 1 is 1.50 bits per heavy atom. The number of ketones is 1. The standard InChI is InChI=1S/C15H24N2O3/c1-10-5-14(12(3)16(10)4)15(19)7-17-6-13(8-18)20-9-11(17)2/h5,11,13,18H,6-9H2,1-4H3. The number of aryl methyl sites for hydroxylation is 1. The monoisotopic (exact) mass is 280 g/mol. The highest BCUT2D eigenvalue weighted by Crippen LogP contribution is 2.17. The second-order valence-corrected chi connectivity index (χ2v) is 5.68. The van der Waals surface area contributed by atoms with Gasteiger partial charge in [-0.2, -0.15) is 0 Å². The third kappa shape index (κ3) is 2.95. The van der Waals surface area contributed by atoms with E-state index in [0.29, 0.717) is 19.7 Å². The summed E-state index contributed by atoms with van der Waals surface area (Å²) in [7, 11) is 1.97. The predicted molar refractivity (Wildman–Crippen MR) is 77.1 cm³/mol. The van der Waals surface area contributed by atoms with E-state index in [1.165, 1.54) is 0 Å². The van der Waals surface area contributed by atoms with Crippen molar-refractivity contribution >= 4 is 5.78 Å². The molecule has 2 rings (SSSR count). The second kappa shape index (κ2) is 6.08. The molecule has 0 aliphatic carbocycles. The zero-order valence-corrected chi connectivity index (χ0v) is 12.7. The lowest BCUT2D eigenvalue weighted by Gasteiger charge is -2.36. The summed E-state index contributed by atoms with van der Waals surface area (Å²) in [5.41, 5.74) is 2.89. The summed E-state index contributed by atoms with van der Waals surface area (Å²) in [4.78, 5) is 14.6. The quantitative estimate of drug-likeness (QED) is 0.833. The number of hydrogen-bond donors (Lipinski definition) is 1. The summed E-state index contributed by atoms with van der Waals surface area (Å²) in [6.45, 7) is 7.57. The largest absolute Gasteiger partial charge is 0.394 e. The van der Waals surface area contributed by atoms with Crippen LogP contribution in [0.2, 0.25) is 0 Å². The van der Waals surface area contributed by atoms with Crippen LogP contribution in [0.4, 0.5) is 0 Å². The summed E-state index contributed by atoms with van der Waals surface area (Å²) < 4.78 is 7.53. The van der Waals surface area contributed by atoms with Gasteiger partial charge in [0.05, 0.1) is 25.9 Å². The Morgan fingerprint density at radius 2 is 2.20 bits per heavy atom. The van der Waals surface area contributed by atoms with Gasteiger partial charge >= 0.3 is 0 Å². The molecular weight excluding hydrogens is 256 g/mol. The lowest BCUT2D eigenvalue weighted by molar-refractivity contribution is -0.0747. The highest BCUT2D eigenvalue weighted by Gasteiger charge is 2.28. The molecule has 5 heteroatoms. The van der Waals surface area contributed by atoms with Gasteiger partial charge in [-0.3, -0.25) is 9.69 Å². The number of aromatic nitrogens is 1. The molecule has 1 aliphatic rings. The van der Waals surface area contributed by atoms with Crippen molar-refractivity contribution in [3.05, 3.63) is 23.0 Å². The van der Waals surface area contributed by atoms with E-state index in [1.807, 2.05) is 38.5 Å². The molecule has 5 nitrogen and oxygen atoms in total. The van der Waals surface area contributed by atoms with E-state index in [9.17, 15) is 9.90 Å². The Bertz CT molecular complexity index is 496. The molecule has 0 bridgehead atoms. The molecule has 0 radical (unpaired) electrons. The fourth-order valence-corrected chi connectivity index (χ4v) is 2.61. The highest BCUT2D eigenvalue weighted by molar-refractivity contribution is 5.99. The van der Waals surface area contributed by atoms with Gasteiger partial charge in [0.15, 0.2) is 5.78 Å². The van der Waals surface area contributed by atoms with Gasteiger partial charge in [-0.25, -0.2) is 0 Å². The van der Waals surface area contributed by atoms with Crippen LogP contribution in [0.5, 0.6) is 0 Å². The molecule has 1 aromatic heterocycles. The summed E-state index contributed by atoms with van der Waals surface area (Å²) >= 11 is 0. The molecule has 0 saturated carbocycles. The van der Waals surface area contributed by atoms with Crippen LogP contribution in [0.15, 0.2) is 6.07 Å². The Kier molecular flexibility index (Phi) is 4.62. The summed E-state index contributed by atoms with van der Waals surface area (Å²) in [5, 5.41) is 9.19. The van der Waals surface area contributed by atoms with Crippen LogP contribution in [0, 0.1) is 13.8 Å². The van der Waals surface area contributed by atoms with Crippen molar-refractivity contribution < 1.29 is 14.6 Å².